The third kappa shape index (κ3) is 4.70. The third-order valence-electron chi connectivity index (χ3n) is 12.5. The lowest BCUT2D eigenvalue weighted by atomic mass is 10.0. The lowest BCUT2D eigenvalue weighted by Gasteiger charge is -2.10. The van der Waals surface area contributed by atoms with Gasteiger partial charge in [-0.25, -0.2) is 4.98 Å². The van der Waals surface area contributed by atoms with Crippen LogP contribution >= 0.6 is 0 Å². The highest BCUT2D eigenvalue weighted by Crippen LogP contribution is 2.42. The van der Waals surface area contributed by atoms with E-state index >= 15 is 0 Å². The van der Waals surface area contributed by atoms with Crippen LogP contribution < -0.4 is 0 Å². The fourth-order valence-corrected chi connectivity index (χ4v) is 9.74. The maximum Gasteiger partial charge on any atom is 0.227 e. The molecule has 0 aliphatic carbocycles. The molecule has 0 saturated heterocycles. The SMILES string of the molecule is c1ccc(-c2nc3cc4c(cc3o2)c2cc(-c3ccc5c(c3)c3ccccc3n5-c3ccc5oc6ccccc6c5c3)ccc2n4-c2ccc3oc4ccccc4c3c2)cc1. The normalized spacial score (nSPS) is 12.3. The quantitative estimate of drug-likeness (QED) is 0.178. The summed E-state index contributed by atoms with van der Waals surface area (Å²) in [4.78, 5) is 4.99. The molecule has 0 N–H and O–H groups in total. The van der Waals surface area contributed by atoms with Crippen molar-refractivity contribution in [3.63, 3.8) is 0 Å². The zero-order valence-electron chi connectivity index (χ0n) is 32.5. The maximum absolute atomic E-state index is 6.46. The number of hydrogen-bond acceptors (Lipinski definition) is 4. The number of furan rings is 2. The molecule has 6 nitrogen and oxygen atoms in total. The molecule has 5 heterocycles. The lowest BCUT2D eigenvalue weighted by molar-refractivity contribution is 0.620. The summed E-state index contributed by atoms with van der Waals surface area (Å²) in [5.41, 5.74) is 14.9. The van der Waals surface area contributed by atoms with Crippen molar-refractivity contribution in [1.29, 1.82) is 0 Å². The third-order valence-corrected chi connectivity index (χ3v) is 12.5. The minimum Gasteiger partial charge on any atom is -0.456 e. The summed E-state index contributed by atoms with van der Waals surface area (Å²) in [7, 11) is 0. The number of oxazole rings is 1. The van der Waals surface area contributed by atoms with Crippen molar-refractivity contribution in [2.45, 2.75) is 0 Å². The molecular formula is C55H31N3O3. The predicted molar refractivity (Wildman–Crippen MR) is 248 cm³/mol. The van der Waals surface area contributed by atoms with Gasteiger partial charge < -0.3 is 22.4 Å². The molecule has 0 radical (unpaired) electrons. The molecule has 14 aromatic rings. The lowest BCUT2D eigenvalue weighted by Crippen LogP contribution is -1.94. The topological polar surface area (TPSA) is 62.2 Å². The van der Waals surface area contributed by atoms with Gasteiger partial charge in [-0.05, 0) is 114 Å². The molecule has 0 amide bonds. The smallest absolute Gasteiger partial charge is 0.227 e. The van der Waals surface area contributed by atoms with Crippen molar-refractivity contribution < 1.29 is 13.3 Å². The van der Waals surface area contributed by atoms with Crippen molar-refractivity contribution in [1.82, 2.24) is 14.1 Å². The number of nitrogens with zero attached hydrogens (tertiary/aromatic N) is 3. The molecule has 61 heavy (non-hydrogen) atoms. The Morgan fingerprint density at radius 2 is 0.803 bits per heavy atom. The van der Waals surface area contributed by atoms with Gasteiger partial charge in [0.15, 0.2) is 5.58 Å². The molecule has 5 aromatic heterocycles. The first-order chi connectivity index (χ1) is 30.2. The van der Waals surface area contributed by atoms with E-state index in [0.29, 0.717) is 5.89 Å². The van der Waals surface area contributed by atoms with Gasteiger partial charge in [0, 0.05) is 60.0 Å². The molecule has 6 heteroatoms. The van der Waals surface area contributed by atoms with Crippen LogP contribution in [0.25, 0.3) is 133 Å². The average Bonchev–Trinajstić information content (AvgIpc) is 4.13. The molecule has 0 spiro atoms. The van der Waals surface area contributed by atoms with Gasteiger partial charge in [-0.1, -0.05) is 84.9 Å². The summed E-state index contributed by atoms with van der Waals surface area (Å²) in [5.74, 6) is 0.608. The summed E-state index contributed by atoms with van der Waals surface area (Å²) in [6.07, 6.45) is 0. The van der Waals surface area contributed by atoms with E-state index in [0.717, 1.165) is 116 Å². The number of fused-ring (bicyclic) bond motifs is 13. The Morgan fingerprint density at radius 1 is 0.295 bits per heavy atom. The molecule has 9 aromatic carbocycles. The van der Waals surface area contributed by atoms with E-state index < -0.39 is 0 Å². The maximum atomic E-state index is 6.46. The van der Waals surface area contributed by atoms with Gasteiger partial charge in [0.25, 0.3) is 0 Å². The van der Waals surface area contributed by atoms with Gasteiger partial charge >= 0.3 is 0 Å². The fraction of sp³-hybridized carbons (Fsp3) is 0. The monoisotopic (exact) mass is 781 g/mol. The largest absolute Gasteiger partial charge is 0.456 e. The fourth-order valence-electron chi connectivity index (χ4n) is 9.74. The second kappa shape index (κ2) is 12.1. The Labute approximate surface area is 346 Å². The van der Waals surface area contributed by atoms with Crippen molar-refractivity contribution >= 4 is 98.6 Å². The van der Waals surface area contributed by atoms with E-state index in [9.17, 15) is 0 Å². The van der Waals surface area contributed by atoms with Crippen LogP contribution in [0, 0.1) is 0 Å². The minimum absolute atomic E-state index is 0.608. The van der Waals surface area contributed by atoms with Crippen LogP contribution in [0.5, 0.6) is 0 Å². The molecule has 0 aliphatic rings. The van der Waals surface area contributed by atoms with Crippen molar-refractivity contribution in [3.8, 4) is 34.0 Å². The van der Waals surface area contributed by atoms with Crippen molar-refractivity contribution in [2.75, 3.05) is 0 Å². The Kier molecular flexibility index (Phi) is 6.46. The predicted octanol–water partition coefficient (Wildman–Crippen LogP) is 15.2. The summed E-state index contributed by atoms with van der Waals surface area (Å²) in [6, 6.07) is 66.3. The Bertz CT molecular complexity index is 4120. The zero-order valence-corrected chi connectivity index (χ0v) is 32.5. The standard InChI is InChI=1S/C55H31N3O3/c1-2-10-32(11-3-1)55-56-45-31-49-42(30-54(45)61-55)41-27-34(19-23-48(41)58(49)36-21-25-53-44(29-36)39-14-6-9-17-51(39)60-53)33-18-22-47-40(26-33)37-12-4-7-15-46(37)57(47)35-20-24-52-43(28-35)38-13-5-8-16-50(38)59-52/h1-31H. The van der Waals surface area contributed by atoms with E-state index in [1.54, 1.807) is 0 Å². The molecule has 0 unspecified atom stereocenters. The molecule has 284 valence electrons. The summed E-state index contributed by atoms with van der Waals surface area (Å²) < 4.78 is 23.6. The molecule has 0 bridgehead atoms. The minimum atomic E-state index is 0.608. The first-order valence-corrected chi connectivity index (χ1v) is 20.5. The number of aromatic nitrogens is 3. The number of para-hydroxylation sites is 3. The van der Waals surface area contributed by atoms with Crippen molar-refractivity contribution in [3.05, 3.63) is 188 Å². The van der Waals surface area contributed by atoms with Gasteiger partial charge in [-0.2, -0.15) is 0 Å². The number of rotatable bonds is 4. The van der Waals surface area contributed by atoms with E-state index in [2.05, 4.69) is 143 Å². The van der Waals surface area contributed by atoms with Gasteiger partial charge in [0.2, 0.25) is 5.89 Å². The Balaban J connectivity index is 0.975. The van der Waals surface area contributed by atoms with Crippen LogP contribution in [0.1, 0.15) is 0 Å². The van der Waals surface area contributed by atoms with Gasteiger partial charge in [0.1, 0.15) is 27.8 Å². The summed E-state index contributed by atoms with van der Waals surface area (Å²) in [5, 5.41) is 9.04. The number of benzene rings is 9. The molecule has 0 aliphatic heterocycles. The van der Waals surface area contributed by atoms with E-state index in [1.807, 2.05) is 54.6 Å². The second-order valence-corrected chi connectivity index (χ2v) is 15.9. The van der Waals surface area contributed by atoms with Crippen molar-refractivity contribution in [2.24, 2.45) is 0 Å². The van der Waals surface area contributed by atoms with Crippen LogP contribution in [0.4, 0.5) is 0 Å². The van der Waals surface area contributed by atoms with Crippen LogP contribution in [0.3, 0.4) is 0 Å². The van der Waals surface area contributed by atoms with Crippen LogP contribution in [0.15, 0.2) is 201 Å². The first kappa shape index (κ1) is 32.6. The molecule has 0 fully saturated rings. The highest BCUT2D eigenvalue weighted by atomic mass is 16.3. The van der Waals surface area contributed by atoms with Gasteiger partial charge in [0.05, 0.1) is 22.1 Å². The van der Waals surface area contributed by atoms with Crippen LogP contribution in [-0.2, 0) is 0 Å². The molecule has 0 saturated carbocycles. The van der Waals surface area contributed by atoms with E-state index in [-0.39, 0.29) is 0 Å². The Hall–Kier alpha value is -8.35. The zero-order chi connectivity index (χ0) is 39.8. The average molecular weight is 782 g/mol. The highest BCUT2D eigenvalue weighted by molar-refractivity contribution is 6.16. The Morgan fingerprint density at radius 3 is 1.46 bits per heavy atom. The molecule has 0 atom stereocenters. The van der Waals surface area contributed by atoms with Gasteiger partial charge in [-0.3, -0.25) is 0 Å². The summed E-state index contributed by atoms with van der Waals surface area (Å²) >= 11 is 0. The first-order valence-electron chi connectivity index (χ1n) is 20.5. The van der Waals surface area contributed by atoms with Gasteiger partial charge in [-0.15, -0.1) is 0 Å². The highest BCUT2D eigenvalue weighted by Gasteiger charge is 2.20. The van der Waals surface area contributed by atoms with Crippen LogP contribution in [-0.4, -0.2) is 14.1 Å². The molecule has 14 rings (SSSR count). The van der Waals surface area contributed by atoms with E-state index in [4.69, 9.17) is 18.2 Å². The number of hydrogen-bond donors (Lipinski definition) is 0. The van der Waals surface area contributed by atoms with Crippen LogP contribution in [0.2, 0.25) is 0 Å². The van der Waals surface area contributed by atoms with E-state index in [1.165, 1.54) is 10.8 Å². The molecular weight excluding hydrogens is 751 g/mol. The summed E-state index contributed by atoms with van der Waals surface area (Å²) in [6.45, 7) is 0. The second-order valence-electron chi connectivity index (χ2n) is 15.9.